The number of nitrogens with zero attached hydrogens (tertiary/aromatic N) is 2. The van der Waals surface area contributed by atoms with Gasteiger partial charge in [-0.3, -0.25) is 9.69 Å². The number of halogens is 1. The Morgan fingerprint density at radius 1 is 1.29 bits per heavy atom. The second kappa shape index (κ2) is 4.96. The Kier molecular flexibility index (Phi) is 3.25. The molecule has 0 bridgehead atoms. The second-order valence-corrected chi connectivity index (χ2v) is 6.41. The van der Waals surface area contributed by atoms with E-state index < -0.39 is 21.4 Å². The van der Waals surface area contributed by atoms with Gasteiger partial charge in [0, 0.05) is 13.0 Å². The Morgan fingerprint density at radius 2 is 2.00 bits per heavy atom. The summed E-state index contributed by atoms with van der Waals surface area (Å²) in [7, 11) is -4.73. The number of hydrogen-bond acceptors (Lipinski definition) is 4. The van der Waals surface area contributed by atoms with Crippen molar-refractivity contribution in [1.82, 2.24) is 9.97 Å². The number of benzene rings is 1. The molecule has 1 aliphatic rings. The van der Waals surface area contributed by atoms with Crippen LogP contribution in [0.25, 0.3) is 11.3 Å². The van der Waals surface area contributed by atoms with Crippen LogP contribution in [-0.4, -0.2) is 36.1 Å². The second-order valence-electron chi connectivity index (χ2n) is 4.79. The zero-order valence-corrected chi connectivity index (χ0v) is 11.7. The molecule has 1 unspecified atom stereocenters. The molecule has 1 fully saturated rings. The molecule has 2 aromatic rings. The highest BCUT2D eigenvalue weighted by Gasteiger charge is 2.40. The van der Waals surface area contributed by atoms with E-state index in [0.29, 0.717) is 5.69 Å². The highest BCUT2D eigenvalue weighted by molar-refractivity contribution is 7.87. The minimum absolute atomic E-state index is 0.223. The summed E-state index contributed by atoms with van der Waals surface area (Å²) in [5.74, 6) is -0.236. The zero-order valence-electron chi connectivity index (χ0n) is 10.9. The molecule has 8 heteroatoms. The number of nitrogens with one attached hydrogen (secondary N) is 1. The van der Waals surface area contributed by atoms with Crippen molar-refractivity contribution in [1.29, 1.82) is 0 Å². The molecule has 3 rings (SSSR count). The van der Waals surface area contributed by atoms with Gasteiger partial charge in [-0.15, -0.1) is 3.89 Å². The molecule has 0 saturated carbocycles. The summed E-state index contributed by atoms with van der Waals surface area (Å²) < 4.78 is 34.8. The van der Waals surface area contributed by atoms with Gasteiger partial charge in [-0.1, -0.05) is 30.3 Å². The van der Waals surface area contributed by atoms with Gasteiger partial charge in [-0.25, -0.2) is 4.98 Å². The van der Waals surface area contributed by atoms with Crippen LogP contribution in [0.1, 0.15) is 6.42 Å². The molecule has 21 heavy (non-hydrogen) atoms. The molecule has 1 N–H and O–H groups in total. The Hall–Kier alpha value is -2.22. The summed E-state index contributed by atoms with van der Waals surface area (Å²) >= 11 is 0. The van der Waals surface area contributed by atoms with Crippen LogP contribution in [0.2, 0.25) is 0 Å². The van der Waals surface area contributed by atoms with Gasteiger partial charge in [-0.05, 0) is 5.56 Å². The largest absolute Gasteiger partial charge is 0.324 e. The molecule has 1 aromatic heterocycles. The van der Waals surface area contributed by atoms with Crippen LogP contribution in [0.15, 0.2) is 36.5 Å². The average molecular weight is 309 g/mol. The number of carbonyl (C=O) groups is 1. The van der Waals surface area contributed by atoms with Crippen LogP contribution in [0.3, 0.4) is 0 Å². The normalized spacial score (nSPS) is 19.2. The Bertz CT molecular complexity index is 773. The van der Waals surface area contributed by atoms with E-state index in [4.69, 9.17) is 0 Å². The first-order valence-corrected chi connectivity index (χ1v) is 7.74. The summed E-state index contributed by atoms with van der Waals surface area (Å²) in [6.07, 6.45) is 1.19. The minimum Gasteiger partial charge on any atom is -0.324 e. The Balaban J connectivity index is 1.86. The molecule has 1 atom stereocenters. The van der Waals surface area contributed by atoms with Gasteiger partial charge in [-0.2, -0.15) is 8.42 Å². The number of imidazole rings is 1. The predicted molar refractivity (Wildman–Crippen MR) is 74.8 cm³/mol. The lowest BCUT2D eigenvalue weighted by Gasteiger charge is -2.11. The predicted octanol–water partition coefficient (Wildman–Crippen LogP) is 1.48. The van der Waals surface area contributed by atoms with E-state index in [9.17, 15) is 17.1 Å². The molecule has 110 valence electrons. The molecule has 0 radical (unpaired) electrons. The molecule has 6 nitrogen and oxygen atoms in total. The van der Waals surface area contributed by atoms with Crippen molar-refractivity contribution in [2.45, 2.75) is 11.7 Å². The zero-order chi connectivity index (χ0) is 15.0. The number of carbonyl (C=O) groups excluding carboxylic acids is 1. The molecule has 1 aliphatic heterocycles. The molecule has 1 saturated heterocycles. The third-order valence-corrected chi connectivity index (χ3v) is 4.50. The van der Waals surface area contributed by atoms with Crippen LogP contribution in [-0.2, 0) is 15.0 Å². The summed E-state index contributed by atoms with van der Waals surface area (Å²) in [6, 6.07) is 9.35. The fraction of sp³-hybridized carbons (Fsp3) is 0.231. The van der Waals surface area contributed by atoms with Gasteiger partial charge in [0.25, 0.3) is 0 Å². The molecule has 0 aliphatic carbocycles. The van der Waals surface area contributed by atoms with Crippen LogP contribution in [0, 0.1) is 0 Å². The maximum absolute atomic E-state index is 13.0. The summed E-state index contributed by atoms with van der Waals surface area (Å²) in [4.78, 5) is 20.0. The molecular weight excluding hydrogens is 297 g/mol. The van der Waals surface area contributed by atoms with Crippen molar-refractivity contribution >= 4 is 22.1 Å². The number of H-pyrrole nitrogens is 1. The van der Waals surface area contributed by atoms with Crippen molar-refractivity contribution in [3.63, 3.8) is 0 Å². The van der Waals surface area contributed by atoms with Crippen molar-refractivity contribution in [3.8, 4) is 11.3 Å². The van der Waals surface area contributed by atoms with E-state index >= 15 is 0 Å². The van der Waals surface area contributed by atoms with Gasteiger partial charge in [0.2, 0.25) is 11.9 Å². The van der Waals surface area contributed by atoms with Gasteiger partial charge in [0.1, 0.15) is 5.25 Å². The smallest absolute Gasteiger partial charge is 0.307 e. The Morgan fingerprint density at radius 3 is 2.62 bits per heavy atom. The first kappa shape index (κ1) is 13.7. The number of aromatic nitrogens is 2. The van der Waals surface area contributed by atoms with Crippen LogP contribution in [0.5, 0.6) is 0 Å². The maximum atomic E-state index is 13.0. The molecule has 0 spiro atoms. The minimum atomic E-state index is -4.73. The van der Waals surface area contributed by atoms with Crippen molar-refractivity contribution < 1.29 is 17.1 Å². The first-order chi connectivity index (χ1) is 9.95. The number of amides is 1. The Labute approximate surface area is 120 Å². The van der Waals surface area contributed by atoms with E-state index in [2.05, 4.69) is 9.97 Å². The van der Waals surface area contributed by atoms with Crippen LogP contribution in [0.4, 0.5) is 9.83 Å². The van der Waals surface area contributed by atoms with Crippen molar-refractivity contribution in [2.75, 3.05) is 11.4 Å². The van der Waals surface area contributed by atoms with E-state index in [1.54, 1.807) is 6.20 Å². The molecule has 1 aromatic carbocycles. The van der Waals surface area contributed by atoms with Gasteiger partial charge in [0.05, 0.1) is 11.9 Å². The van der Waals surface area contributed by atoms with E-state index in [1.165, 1.54) is 0 Å². The lowest BCUT2D eigenvalue weighted by molar-refractivity contribution is -0.117. The van der Waals surface area contributed by atoms with E-state index in [1.807, 2.05) is 30.3 Å². The quantitative estimate of drug-likeness (QED) is 0.871. The lowest BCUT2D eigenvalue weighted by Crippen LogP contribution is -2.27. The first-order valence-electron chi connectivity index (χ1n) is 6.29. The topological polar surface area (TPSA) is 83.1 Å². The summed E-state index contributed by atoms with van der Waals surface area (Å²) in [5, 5.41) is -1.32. The van der Waals surface area contributed by atoms with Crippen LogP contribution < -0.4 is 4.90 Å². The molecular formula is C13H12FN3O3S. The fourth-order valence-corrected chi connectivity index (χ4v) is 2.95. The van der Waals surface area contributed by atoms with E-state index in [0.717, 1.165) is 10.5 Å². The highest BCUT2D eigenvalue weighted by Crippen LogP contribution is 2.26. The molecule has 2 heterocycles. The average Bonchev–Trinajstić information content (AvgIpc) is 3.05. The summed E-state index contributed by atoms with van der Waals surface area (Å²) in [5.41, 5.74) is 1.59. The number of rotatable bonds is 3. The standard InChI is InChI=1S/C13H12FN3O3S/c14-21(19,20)10-6-12(18)17(8-10)13-15-7-11(16-13)9-4-2-1-3-5-9/h1-5,7,10H,6,8H2,(H,15,16). The SMILES string of the molecule is O=C1CC(S(=O)(=O)F)CN1c1ncc(-c2ccccc2)[nH]1. The van der Waals surface area contributed by atoms with E-state index in [-0.39, 0.29) is 18.9 Å². The lowest BCUT2D eigenvalue weighted by atomic mass is 10.2. The number of anilines is 1. The summed E-state index contributed by atoms with van der Waals surface area (Å²) in [6.45, 7) is -0.223. The fourth-order valence-electron chi connectivity index (χ4n) is 2.28. The van der Waals surface area contributed by atoms with Crippen molar-refractivity contribution in [3.05, 3.63) is 36.5 Å². The third kappa shape index (κ3) is 2.66. The number of aromatic amines is 1. The third-order valence-electron chi connectivity index (χ3n) is 3.39. The monoisotopic (exact) mass is 309 g/mol. The molecule has 1 amide bonds. The van der Waals surface area contributed by atoms with Gasteiger partial charge < -0.3 is 4.98 Å². The van der Waals surface area contributed by atoms with Gasteiger partial charge >= 0.3 is 10.2 Å². The van der Waals surface area contributed by atoms with Crippen molar-refractivity contribution in [2.24, 2.45) is 0 Å². The number of hydrogen-bond donors (Lipinski definition) is 1. The van der Waals surface area contributed by atoms with Gasteiger partial charge in [0.15, 0.2) is 0 Å². The van der Waals surface area contributed by atoms with Crippen LogP contribution >= 0.6 is 0 Å². The maximum Gasteiger partial charge on any atom is 0.307 e. The highest BCUT2D eigenvalue weighted by atomic mass is 32.3.